The molecule has 3 saturated heterocycles. The summed E-state index contributed by atoms with van der Waals surface area (Å²) in [5.41, 5.74) is 1.60. The number of nitrogens with zero attached hydrogens (tertiary/aromatic N) is 5. The molecule has 1 amide bonds. The Hall–Kier alpha value is -3.82. The maximum absolute atomic E-state index is 16.1. The molecule has 4 heterocycles. The number of amides is 1. The predicted octanol–water partition coefficient (Wildman–Crippen LogP) is 6.77. The smallest absolute Gasteiger partial charge is 0.319 e. The van der Waals surface area contributed by atoms with Crippen LogP contribution in [0.15, 0.2) is 60.9 Å². The lowest BCUT2D eigenvalue weighted by Gasteiger charge is -2.40. The van der Waals surface area contributed by atoms with E-state index in [1.807, 2.05) is 42.2 Å². The highest BCUT2D eigenvalue weighted by molar-refractivity contribution is 6.36. The molecule has 228 valence electrons. The van der Waals surface area contributed by atoms with E-state index in [0.717, 1.165) is 49.5 Å². The molecule has 0 unspecified atom stereocenters. The van der Waals surface area contributed by atoms with Gasteiger partial charge in [0.05, 0.1) is 11.1 Å². The molecule has 0 aliphatic carbocycles. The van der Waals surface area contributed by atoms with Gasteiger partial charge < -0.3 is 14.5 Å². The molecule has 1 atom stereocenters. The number of hydrogen-bond acceptors (Lipinski definition) is 6. The molecular weight excluding hydrogens is 584 g/mol. The van der Waals surface area contributed by atoms with Gasteiger partial charge in [0.1, 0.15) is 18.2 Å². The zero-order valence-corrected chi connectivity index (χ0v) is 25.4. The standard InChI is InChI=1S/C34H34ClF2N5O2/c1-21-19-40(32(43)22(2)36)15-16-42(21)31-26-17-28(37)25(24-9-3-7-23-8-4-10-27(35)30(23)24)18-29(26)38-33(39-31)44-20-34-11-5-13-41(34)14-6-12-34/h3-4,7-10,17-18,21H,2,5-6,11-16,19-20H2,1H3/t21-/m0/s1. The molecule has 44 heavy (non-hydrogen) atoms. The van der Waals surface area contributed by atoms with Crippen molar-refractivity contribution >= 4 is 45.0 Å². The topological polar surface area (TPSA) is 61.8 Å². The molecule has 7 rings (SSSR count). The number of fused-ring (bicyclic) bond motifs is 3. The van der Waals surface area contributed by atoms with Gasteiger partial charge in [0.2, 0.25) is 0 Å². The second kappa shape index (κ2) is 11.3. The third-order valence-electron chi connectivity index (χ3n) is 9.59. The molecule has 4 aromatic rings. The first-order valence-electron chi connectivity index (χ1n) is 15.2. The minimum absolute atomic E-state index is 0.000179. The first kappa shape index (κ1) is 28.9. The molecule has 3 aliphatic heterocycles. The van der Waals surface area contributed by atoms with Crippen LogP contribution in [-0.4, -0.2) is 76.6 Å². The maximum atomic E-state index is 16.1. The summed E-state index contributed by atoms with van der Waals surface area (Å²) in [5, 5.41) is 2.76. The van der Waals surface area contributed by atoms with Crippen molar-refractivity contribution in [3.05, 3.63) is 71.8 Å². The Morgan fingerprint density at radius 2 is 1.82 bits per heavy atom. The zero-order valence-electron chi connectivity index (χ0n) is 24.7. The fraction of sp³-hybridized carbons (Fsp3) is 0.382. The summed E-state index contributed by atoms with van der Waals surface area (Å²) in [6, 6.07) is 14.6. The van der Waals surface area contributed by atoms with Crippen LogP contribution in [-0.2, 0) is 4.79 Å². The number of aromatic nitrogens is 2. The van der Waals surface area contributed by atoms with Gasteiger partial charge in [0.25, 0.3) is 5.91 Å². The van der Waals surface area contributed by atoms with Crippen molar-refractivity contribution in [2.45, 2.75) is 44.2 Å². The van der Waals surface area contributed by atoms with Crippen molar-refractivity contribution in [1.29, 1.82) is 0 Å². The third kappa shape index (κ3) is 4.96. The molecular formula is C34H34ClF2N5O2. The van der Waals surface area contributed by atoms with Crippen LogP contribution in [0.2, 0.25) is 5.02 Å². The Morgan fingerprint density at radius 1 is 1.07 bits per heavy atom. The Balaban J connectivity index is 1.32. The number of anilines is 1. The molecule has 1 aromatic heterocycles. The highest BCUT2D eigenvalue weighted by atomic mass is 35.5. The van der Waals surface area contributed by atoms with E-state index in [1.54, 1.807) is 12.1 Å². The van der Waals surface area contributed by atoms with Gasteiger partial charge in [-0.3, -0.25) is 9.69 Å². The van der Waals surface area contributed by atoms with Crippen LogP contribution in [0.5, 0.6) is 6.01 Å². The fourth-order valence-corrected chi connectivity index (χ4v) is 7.69. The Morgan fingerprint density at radius 3 is 2.55 bits per heavy atom. The molecule has 7 nitrogen and oxygen atoms in total. The van der Waals surface area contributed by atoms with E-state index < -0.39 is 17.6 Å². The summed E-state index contributed by atoms with van der Waals surface area (Å²) in [6.45, 7) is 8.68. The number of hydrogen-bond donors (Lipinski definition) is 0. The summed E-state index contributed by atoms with van der Waals surface area (Å²) in [4.78, 5) is 28.0. The van der Waals surface area contributed by atoms with Crippen molar-refractivity contribution in [3.63, 3.8) is 0 Å². The van der Waals surface area contributed by atoms with E-state index in [4.69, 9.17) is 26.3 Å². The molecule has 0 radical (unpaired) electrons. The van der Waals surface area contributed by atoms with E-state index in [-0.39, 0.29) is 30.7 Å². The first-order valence-corrected chi connectivity index (χ1v) is 15.6. The van der Waals surface area contributed by atoms with Crippen molar-refractivity contribution in [3.8, 4) is 17.1 Å². The van der Waals surface area contributed by atoms with Crippen molar-refractivity contribution in [1.82, 2.24) is 19.8 Å². The Labute approximate surface area is 260 Å². The summed E-state index contributed by atoms with van der Waals surface area (Å²) in [5.74, 6) is -1.60. The number of carbonyl (C=O) groups excluding carboxylic acids is 1. The van der Waals surface area contributed by atoms with Gasteiger partial charge in [0, 0.05) is 47.0 Å². The van der Waals surface area contributed by atoms with Crippen molar-refractivity contribution in [2.24, 2.45) is 0 Å². The van der Waals surface area contributed by atoms with Gasteiger partial charge >= 0.3 is 6.01 Å². The molecule has 3 fully saturated rings. The van der Waals surface area contributed by atoms with Gasteiger partial charge in [-0.1, -0.05) is 48.5 Å². The average Bonchev–Trinajstić information content (AvgIpc) is 3.60. The molecule has 0 N–H and O–H groups in total. The van der Waals surface area contributed by atoms with Crippen LogP contribution in [0.4, 0.5) is 14.6 Å². The number of halogens is 3. The lowest BCUT2D eigenvalue weighted by Crippen LogP contribution is -2.54. The van der Waals surface area contributed by atoms with Crippen LogP contribution in [0, 0.1) is 5.82 Å². The van der Waals surface area contributed by atoms with E-state index >= 15 is 4.39 Å². The van der Waals surface area contributed by atoms with Crippen LogP contribution >= 0.6 is 11.6 Å². The second-order valence-corrected chi connectivity index (χ2v) is 12.6. The van der Waals surface area contributed by atoms with E-state index in [1.165, 1.54) is 11.0 Å². The average molecular weight is 618 g/mol. The van der Waals surface area contributed by atoms with Crippen LogP contribution in [0.1, 0.15) is 32.6 Å². The van der Waals surface area contributed by atoms with Crippen molar-refractivity contribution < 1.29 is 18.3 Å². The summed E-state index contributed by atoms with van der Waals surface area (Å²) in [7, 11) is 0. The van der Waals surface area contributed by atoms with E-state index in [2.05, 4.69) is 11.5 Å². The molecule has 0 saturated carbocycles. The lowest BCUT2D eigenvalue weighted by atomic mass is 9.95. The number of benzene rings is 3. The maximum Gasteiger partial charge on any atom is 0.319 e. The van der Waals surface area contributed by atoms with Gasteiger partial charge in [-0.2, -0.15) is 9.97 Å². The first-order chi connectivity index (χ1) is 21.2. The molecule has 10 heteroatoms. The summed E-state index contributed by atoms with van der Waals surface area (Å²) >= 11 is 6.62. The summed E-state index contributed by atoms with van der Waals surface area (Å²) in [6.07, 6.45) is 4.46. The quantitative estimate of drug-likeness (QED) is 0.223. The normalized spacial score (nSPS) is 20.0. The minimum Gasteiger partial charge on any atom is -0.461 e. The highest BCUT2D eigenvalue weighted by Gasteiger charge is 2.45. The SMILES string of the molecule is C=C(F)C(=O)N1CCN(c2nc(OCC34CCCN3CCC4)nc3cc(-c4cccc5cccc(Cl)c45)c(F)cc23)[C@@H](C)C1. The van der Waals surface area contributed by atoms with E-state index in [9.17, 15) is 9.18 Å². The van der Waals surface area contributed by atoms with Gasteiger partial charge in [-0.15, -0.1) is 0 Å². The second-order valence-electron chi connectivity index (χ2n) is 12.2. The van der Waals surface area contributed by atoms with Gasteiger partial charge in [-0.05, 0) is 74.8 Å². The van der Waals surface area contributed by atoms with Gasteiger partial charge in [0.15, 0.2) is 5.83 Å². The zero-order chi connectivity index (χ0) is 30.6. The number of ether oxygens (including phenoxy) is 1. The van der Waals surface area contributed by atoms with E-state index in [0.29, 0.717) is 46.0 Å². The van der Waals surface area contributed by atoms with Gasteiger partial charge in [-0.25, -0.2) is 8.78 Å². The molecule has 0 spiro atoms. The fourth-order valence-electron chi connectivity index (χ4n) is 7.41. The summed E-state index contributed by atoms with van der Waals surface area (Å²) < 4.78 is 36.1. The minimum atomic E-state index is -0.982. The molecule has 3 aromatic carbocycles. The van der Waals surface area contributed by atoms with Crippen LogP contribution in [0.3, 0.4) is 0 Å². The van der Waals surface area contributed by atoms with Crippen LogP contribution in [0.25, 0.3) is 32.8 Å². The Bertz CT molecular complexity index is 1780. The number of rotatable bonds is 6. The predicted molar refractivity (Wildman–Crippen MR) is 169 cm³/mol. The third-order valence-corrected chi connectivity index (χ3v) is 9.90. The molecule has 3 aliphatic rings. The number of piperazine rings is 1. The number of carbonyl (C=O) groups is 1. The Kier molecular flexibility index (Phi) is 7.41. The molecule has 0 bridgehead atoms. The largest absolute Gasteiger partial charge is 0.461 e. The van der Waals surface area contributed by atoms with Crippen molar-refractivity contribution in [2.75, 3.05) is 44.2 Å². The monoisotopic (exact) mass is 617 g/mol. The lowest BCUT2D eigenvalue weighted by molar-refractivity contribution is -0.129. The van der Waals surface area contributed by atoms with Crippen LogP contribution < -0.4 is 9.64 Å². The highest BCUT2D eigenvalue weighted by Crippen LogP contribution is 2.41.